The van der Waals surface area contributed by atoms with Crippen LogP contribution in [0.5, 0.6) is 0 Å². The second kappa shape index (κ2) is 4.83. The zero-order valence-corrected chi connectivity index (χ0v) is 10.3. The van der Waals surface area contributed by atoms with Crippen LogP contribution >= 0.6 is 0 Å². The molecule has 0 fully saturated rings. The normalized spacial score (nSPS) is 16.8. The summed E-state index contributed by atoms with van der Waals surface area (Å²) in [7, 11) is 0. The summed E-state index contributed by atoms with van der Waals surface area (Å²) in [6.07, 6.45) is 2.56. The van der Waals surface area contributed by atoms with Crippen LogP contribution < -0.4 is 0 Å². The third-order valence-electron chi connectivity index (χ3n) is 3.01. The quantitative estimate of drug-likeness (QED) is 0.555. The van der Waals surface area contributed by atoms with Gasteiger partial charge in [0.25, 0.3) is 0 Å². The van der Waals surface area contributed by atoms with Gasteiger partial charge < -0.3 is 0 Å². The second-order valence-electron chi connectivity index (χ2n) is 5.43. The van der Waals surface area contributed by atoms with Crippen LogP contribution in [-0.4, -0.2) is 0 Å². The van der Waals surface area contributed by atoms with Crippen molar-refractivity contribution in [3.63, 3.8) is 0 Å². The zero-order chi connectivity index (χ0) is 10.6. The highest BCUT2D eigenvalue weighted by atomic mass is 14.3. The molecule has 0 heteroatoms. The summed E-state index contributed by atoms with van der Waals surface area (Å²) in [5.74, 6) is 1.49. The molecule has 0 aromatic carbocycles. The minimum absolute atomic E-state index is 0.271. The molecule has 0 aromatic heterocycles. The Hall–Kier alpha value is -0.260. The third kappa shape index (κ3) is 4.50. The van der Waals surface area contributed by atoms with E-state index in [-0.39, 0.29) is 5.41 Å². The van der Waals surface area contributed by atoms with E-state index in [1.54, 1.807) is 0 Å². The fraction of sp³-hybridized carbons (Fsp3) is 0.846. The molecule has 2 unspecified atom stereocenters. The molecule has 0 radical (unpaired) electrons. The van der Waals surface area contributed by atoms with Gasteiger partial charge in [-0.2, -0.15) is 0 Å². The van der Waals surface area contributed by atoms with Crippen molar-refractivity contribution >= 4 is 0 Å². The predicted molar refractivity (Wildman–Crippen MR) is 61.8 cm³/mol. The van der Waals surface area contributed by atoms with Crippen LogP contribution in [0.2, 0.25) is 0 Å². The lowest BCUT2D eigenvalue weighted by molar-refractivity contribution is 0.375. The molecule has 2 atom stereocenters. The Morgan fingerprint density at radius 2 is 1.69 bits per heavy atom. The molecule has 0 spiro atoms. The van der Waals surface area contributed by atoms with E-state index in [1.807, 2.05) is 0 Å². The van der Waals surface area contributed by atoms with Gasteiger partial charge in [0.15, 0.2) is 0 Å². The van der Waals surface area contributed by atoms with Gasteiger partial charge in [-0.05, 0) is 23.7 Å². The predicted octanol–water partition coefficient (Wildman–Crippen LogP) is 4.66. The fourth-order valence-electron chi connectivity index (χ4n) is 1.65. The number of hydrogen-bond acceptors (Lipinski definition) is 0. The summed E-state index contributed by atoms with van der Waals surface area (Å²) in [6, 6.07) is 0. The second-order valence-corrected chi connectivity index (χ2v) is 5.43. The first-order valence-corrected chi connectivity index (χ1v) is 5.48. The zero-order valence-electron chi connectivity index (χ0n) is 10.3. The molecule has 0 nitrogen and oxygen atoms in total. The maximum Gasteiger partial charge on any atom is -0.0173 e. The number of rotatable bonds is 4. The van der Waals surface area contributed by atoms with E-state index in [0.717, 1.165) is 5.92 Å². The first-order chi connectivity index (χ1) is 5.79. The molecule has 0 saturated heterocycles. The minimum atomic E-state index is 0.271. The van der Waals surface area contributed by atoms with Crippen LogP contribution in [0.3, 0.4) is 0 Å². The molecule has 0 aliphatic carbocycles. The van der Waals surface area contributed by atoms with Gasteiger partial charge >= 0.3 is 0 Å². The molecule has 0 bridgehead atoms. The Balaban J connectivity index is 4.12. The molecule has 78 valence electrons. The van der Waals surface area contributed by atoms with E-state index < -0.39 is 0 Å². The van der Waals surface area contributed by atoms with E-state index >= 15 is 0 Å². The van der Waals surface area contributed by atoms with Gasteiger partial charge in [0.2, 0.25) is 0 Å². The summed E-state index contributed by atoms with van der Waals surface area (Å²) in [5, 5.41) is 0. The Bertz CT molecular complexity index is 159. The first kappa shape index (κ1) is 12.7. The lowest BCUT2D eigenvalue weighted by Gasteiger charge is -2.28. The van der Waals surface area contributed by atoms with Crippen molar-refractivity contribution in [2.24, 2.45) is 17.3 Å². The standard InChI is InChI=1S/C13H26/c1-8-10(2)9-11(3)12(4)13(5,6)7/h10-11H,4,8-9H2,1-3,5-7H3. The SMILES string of the molecule is C=C(C(C)CC(C)CC)C(C)(C)C. The summed E-state index contributed by atoms with van der Waals surface area (Å²) < 4.78 is 0. The van der Waals surface area contributed by atoms with Crippen LogP contribution in [0, 0.1) is 17.3 Å². The Morgan fingerprint density at radius 3 is 2.00 bits per heavy atom. The number of hydrogen-bond donors (Lipinski definition) is 0. The first-order valence-electron chi connectivity index (χ1n) is 5.48. The molecule has 0 saturated carbocycles. The molecule has 0 rings (SSSR count). The lowest BCUT2D eigenvalue weighted by atomic mass is 9.77. The lowest BCUT2D eigenvalue weighted by Crippen LogP contribution is -2.16. The smallest absolute Gasteiger partial charge is 0.0173 e. The van der Waals surface area contributed by atoms with Crippen LogP contribution in [-0.2, 0) is 0 Å². The highest BCUT2D eigenvalue weighted by Crippen LogP contribution is 2.33. The van der Waals surface area contributed by atoms with Crippen LogP contribution in [0.1, 0.15) is 54.4 Å². The van der Waals surface area contributed by atoms with Gasteiger partial charge in [-0.1, -0.05) is 60.1 Å². The van der Waals surface area contributed by atoms with Crippen LogP contribution in [0.4, 0.5) is 0 Å². The van der Waals surface area contributed by atoms with E-state index in [9.17, 15) is 0 Å². The topological polar surface area (TPSA) is 0 Å². The van der Waals surface area contributed by atoms with Crippen molar-refractivity contribution < 1.29 is 0 Å². The average Bonchev–Trinajstić information content (AvgIpc) is 2.01. The molecule has 0 aliphatic heterocycles. The van der Waals surface area contributed by atoms with Gasteiger partial charge in [0.05, 0.1) is 0 Å². The van der Waals surface area contributed by atoms with Crippen molar-refractivity contribution in [3.8, 4) is 0 Å². The van der Waals surface area contributed by atoms with Crippen molar-refractivity contribution in [1.82, 2.24) is 0 Å². The third-order valence-corrected chi connectivity index (χ3v) is 3.01. The Morgan fingerprint density at radius 1 is 1.23 bits per heavy atom. The summed E-state index contributed by atoms with van der Waals surface area (Å²) >= 11 is 0. The molecule has 0 aromatic rings. The van der Waals surface area contributed by atoms with Gasteiger partial charge in [-0.3, -0.25) is 0 Å². The summed E-state index contributed by atoms with van der Waals surface area (Å²) in [4.78, 5) is 0. The Kier molecular flexibility index (Phi) is 4.74. The largest absolute Gasteiger partial charge is 0.0991 e. The average molecular weight is 182 g/mol. The maximum atomic E-state index is 4.21. The van der Waals surface area contributed by atoms with Gasteiger partial charge in [-0.25, -0.2) is 0 Å². The van der Waals surface area contributed by atoms with E-state index in [2.05, 4.69) is 48.1 Å². The van der Waals surface area contributed by atoms with Crippen molar-refractivity contribution in [1.29, 1.82) is 0 Å². The van der Waals surface area contributed by atoms with Gasteiger partial charge in [-0.15, -0.1) is 0 Å². The highest BCUT2D eigenvalue weighted by Gasteiger charge is 2.21. The van der Waals surface area contributed by atoms with E-state index in [4.69, 9.17) is 0 Å². The van der Waals surface area contributed by atoms with Gasteiger partial charge in [0.1, 0.15) is 0 Å². The number of allylic oxidation sites excluding steroid dienone is 1. The van der Waals surface area contributed by atoms with E-state index in [1.165, 1.54) is 18.4 Å². The molecule has 0 aliphatic rings. The van der Waals surface area contributed by atoms with Crippen molar-refractivity contribution in [3.05, 3.63) is 12.2 Å². The molecular formula is C13H26. The monoisotopic (exact) mass is 182 g/mol. The van der Waals surface area contributed by atoms with Crippen molar-refractivity contribution in [2.45, 2.75) is 54.4 Å². The summed E-state index contributed by atoms with van der Waals surface area (Å²) in [6.45, 7) is 17.9. The van der Waals surface area contributed by atoms with Crippen molar-refractivity contribution in [2.75, 3.05) is 0 Å². The molecule has 13 heavy (non-hydrogen) atoms. The molecular weight excluding hydrogens is 156 g/mol. The maximum absolute atomic E-state index is 4.21. The van der Waals surface area contributed by atoms with Gasteiger partial charge in [0, 0.05) is 0 Å². The Labute approximate surface area is 84.4 Å². The molecule has 0 heterocycles. The summed E-state index contributed by atoms with van der Waals surface area (Å²) in [5.41, 5.74) is 1.67. The van der Waals surface area contributed by atoms with Crippen LogP contribution in [0.15, 0.2) is 12.2 Å². The fourth-order valence-corrected chi connectivity index (χ4v) is 1.65. The molecule has 0 amide bonds. The highest BCUT2D eigenvalue weighted by molar-refractivity contribution is 5.08. The minimum Gasteiger partial charge on any atom is -0.0991 e. The van der Waals surface area contributed by atoms with E-state index in [0.29, 0.717) is 5.92 Å². The van der Waals surface area contributed by atoms with Crippen LogP contribution in [0.25, 0.3) is 0 Å². The molecule has 0 N–H and O–H groups in total.